The smallest absolute Gasteiger partial charge is 0.191 e. The minimum Gasteiger partial charge on any atom is -0.370 e. The third-order valence-electron chi connectivity index (χ3n) is 3.79. The molecule has 6 nitrogen and oxygen atoms in total. The summed E-state index contributed by atoms with van der Waals surface area (Å²) in [4.78, 5) is 6.41. The molecule has 0 heterocycles. The number of anilines is 1. The van der Waals surface area contributed by atoms with Crippen LogP contribution >= 0.6 is 24.0 Å². The first-order chi connectivity index (χ1) is 11.4. The lowest BCUT2D eigenvalue weighted by atomic mass is 10.2. The molecule has 0 amide bonds. The molecule has 144 valence electrons. The van der Waals surface area contributed by atoms with Gasteiger partial charge in [-0.1, -0.05) is 19.1 Å². The lowest BCUT2D eigenvalue weighted by Gasteiger charge is -2.24. The van der Waals surface area contributed by atoms with Gasteiger partial charge < -0.3 is 15.5 Å². The fourth-order valence-electron chi connectivity index (χ4n) is 2.29. The predicted octanol–water partition coefficient (Wildman–Crippen LogP) is 2.04. The van der Waals surface area contributed by atoms with Gasteiger partial charge in [0.05, 0.1) is 5.75 Å². The van der Waals surface area contributed by atoms with Gasteiger partial charge in [-0.05, 0) is 31.5 Å². The summed E-state index contributed by atoms with van der Waals surface area (Å²) >= 11 is 0. The number of sulfone groups is 1. The molecule has 1 rings (SSSR count). The van der Waals surface area contributed by atoms with E-state index in [1.807, 2.05) is 0 Å². The second-order valence-electron chi connectivity index (χ2n) is 5.58. The van der Waals surface area contributed by atoms with E-state index in [0.29, 0.717) is 12.5 Å². The van der Waals surface area contributed by atoms with Crippen molar-refractivity contribution < 1.29 is 8.42 Å². The van der Waals surface area contributed by atoms with Crippen LogP contribution in [0.15, 0.2) is 29.3 Å². The van der Waals surface area contributed by atoms with E-state index in [1.165, 1.54) is 11.3 Å². The quantitative estimate of drug-likeness (QED) is 0.320. The number of aryl methyl sites for hydroxylation is 1. The Kier molecular flexibility index (Phi) is 11.8. The summed E-state index contributed by atoms with van der Waals surface area (Å²) in [5.74, 6) is 0.915. The fourth-order valence-corrected chi connectivity index (χ4v) is 3.00. The molecule has 0 unspecified atom stereocenters. The van der Waals surface area contributed by atoms with Crippen LogP contribution in [-0.2, 0) is 9.84 Å². The molecule has 25 heavy (non-hydrogen) atoms. The van der Waals surface area contributed by atoms with Crippen LogP contribution in [0.5, 0.6) is 0 Å². The molecule has 0 bridgehead atoms. The number of rotatable bonds is 9. The van der Waals surface area contributed by atoms with Crippen molar-refractivity contribution in [2.24, 2.45) is 4.99 Å². The zero-order valence-corrected chi connectivity index (χ0v) is 18.7. The molecule has 8 heteroatoms. The highest BCUT2D eigenvalue weighted by Crippen LogP contribution is 2.14. The second kappa shape index (κ2) is 12.3. The number of nitrogens with zero attached hydrogens (tertiary/aromatic N) is 2. The van der Waals surface area contributed by atoms with E-state index >= 15 is 0 Å². The zero-order valence-electron chi connectivity index (χ0n) is 15.6. The van der Waals surface area contributed by atoms with Crippen molar-refractivity contribution in [3.63, 3.8) is 0 Å². The summed E-state index contributed by atoms with van der Waals surface area (Å²) in [5.41, 5.74) is 2.45. The summed E-state index contributed by atoms with van der Waals surface area (Å²) in [6.07, 6.45) is 0. The van der Waals surface area contributed by atoms with E-state index in [1.54, 1.807) is 14.0 Å². The van der Waals surface area contributed by atoms with E-state index in [2.05, 4.69) is 58.6 Å². The number of hydrogen-bond acceptors (Lipinski definition) is 4. The molecule has 0 aliphatic heterocycles. The Hall–Kier alpha value is -1.03. The first kappa shape index (κ1) is 24.0. The van der Waals surface area contributed by atoms with Crippen LogP contribution in [0.1, 0.15) is 19.4 Å². The number of nitrogens with one attached hydrogen (secondary N) is 2. The van der Waals surface area contributed by atoms with Crippen molar-refractivity contribution in [1.82, 2.24) is 10.6 Å². The Morgan fingerprint density at radius 3 is 2.44 bits per heavy atom. The first-order valence-electron chi connectivity index (χ1n) is 8.38. The van der Waals surface area contributed by atoms with Crippen LogP contribution in [0, 0.1) is 6.92 Å². The van der Waals surface area contributed by atoms with E-state index in [4.69, 9.17) is 0 Å². The standard InChI is InChI=1S/C17H30N4O2S.HI/c1-5-21(16-9-7-8-15(3)14-16)12-10-19-17(18-4)20-11-13-24(22,23)6-2;/h7-9,14H,5-6,10-13H2,1-4H3,(H2,18,19,20);1H. The molecular formula is C17H31IN4O2S. The van der Waals surface area contributed by atoms with Gasteiger partial charge in [0, 0.05) is 44.7 Å². The Morgan fingerprint density at radius 2 is 1.88 bits per heavy atom. The molecule has 2 N–H and O–H groups in total. The maximum Gasteiger partial charge on any atom is 0.191 e. The van der Waals surface area contributed by atoms with Crippen LogP contribution in [0.2, 0.25) is 0 Å². The predicted molar refractivity (Wildman–Crippen MR) is 118 cm³/mol. The molecule has 0 aromatic heterocycles. The maximum absolute atomic E-state index is 11.5. The Morgan fingerprint density at radius 1 is 1.20 bits per heavy atom. The van der Waals surface area contributed by atoms with Gasteiger partial charge in [-0.3, -0.25) is 4.99 Å². The number of likely N-dealkylation sites (N-methyl/N-ethyl adjacent to an activating group) is 1. The molecule has 0 saturated carbocycles. The average Bonchev–Trinajstić information content (AvgIpc) is 2.57. The minimum atomic E-state index is -2.95. The van der Waals surface area contributed by atoms with Gasteiger partial charge in [-0.15, -0.1) is 24.0 Å². The van der Waals surface area contributed by atoms with Crippen LogP contribution in [0.3, 0.4) is 0 Å². The second-order valence-corrected chi connectivity index (χ2v) is 8.05. The molecule has 0 fully saturated rings. The number of halogens is 1. The molecule has 0 saturated heterocycles. The number of guanidine groups is 1. The lowest BCUT2D eigenvalue weighted by molar-refractivity contribution is 0.595. The van der Waals surface area contributed by atoms with Gasteiger partial charge >= 0.3 is 0 Å². The molecular weight excluding hydrogens is 451 g/mol. The number of hydrogen-bond donors (Lipinski definition) is 2. The highest BCUT2D eigenvalue weighted by atomic mass is 127. The number of aliphatic imine (C=N–C) groups is 1. The third kappa shape index (κ3) is 9.29. The van der Waals surface area contributed by atoms with Crippen LogP contribution in [0.4, 0.5) is 5.69 Å². The molecule has 0 aliphatic carbocycles. The Bertz CT molecular complexity index is 635. The molecule has 0 radical (unpaired) electrons. The summed E-state index contributed by atoms with van der Waals surface area (Å²) in [7, 11) is -1.27. The topological polar surface area (TPSA) is 73.8 Å². The minimum absolute atomic E-state index is 0. The summed E-state index contributed by atoms with van der Waals surface area (Å²) in [6, 6.07) is 8.44. The van der Waals surface area contributed by atoms with Crippen molar-refractivity contribution in [3.8, 4) is 0 Å². The Labute approximate surface area is 169 Å². The van der Waals surface area contributed by atoms with Crippen LogP contribution in [0.25, 0.3) is 0 Å². The zero-order chi connectivity index (χ0) is 18.0. The highest BCUT2D eigenvalue weighted by Gasteiger charge is 2.08. The van der Waals surface area contributed by atoms with E-state index < -0.39 is 9.84 Å². The molecule has 0 atom stereocenters. The van der Waals surface area contributed by atoms with Gasteiger partial charge in [-0.2, -0.15) is 0 Å². The summed E-state index contributed by atoms with van der Waals surface area (Å²) in [5, 5.41) is 6.27. The molecule has 0 spiro atoms. The van der Waals surface area contributed by atoms with Crippen LogP contribution < -0.4 is 15.5 Å². The van der Waals surface area contributed by atoms with E-state index in [-0.39, 0.29) is 35.5 Å². The highest BCUT2D eigenvalue weighted by molar-refractivity contribution is 14.0. The van der Waals surface area contributed by atoms with Crippen molar-refractivity contribution in [2.75, 3.05) is 49.6 Å². The lowest BCUT2D eigenvalue weighted by Crippen LogP contribution is -2.43. The monoisotopic (exact) mass is 482 g/mol. The van der Waals surface area contributed by atoms with Crippen LogP contribution in [-0.4, -0.2) is 59.1 Å². The largest absolute Gasteiger partial charge is 0.370 e. The van der Waals surface area contributed by atoms with Crippen molar-refractivity contribution in [2.45, 2.75) is 20.8 Å². The van der Waals surface area contributed by atoms with Gasteiger partial charge in [0.1, 0.15) is 0 Å². The normalized spacial score (nSPS) is 11.6. The van der Waals surface area contributed by atoms with Crippen molar-refractivity contribution in [3.05, 3.63) is 29.8 Å². The third-order valence-corrected chi connectivity index (χ3v) is 5.50. The molecule has 0 aliphatic rings. The van der Waals surface area contributed by atoms with E-state index in [9.17, 15) is 8.42 Å². The van der Waals surface area contributed by atoms with Gasteiger partial charge in [0.25, 0.3) is 0 Å². The van der Waals surface area contributed by atoms with Crippen molar-refractivity contribution in [1.29, 1.82) is 0 Å². The summed E-state index contributed by atoms with van der Waals surface area (Å²) in [6.45, 7) is 8.73. The average molecular weight is 482 g/mol. The number of benzene rings is 1. The Balaban J connectivity index is 0.00000576. The molecule has 1 aromatic carbocycles. The van der Waals surface area contributed by atoms with Gasteiger partial charge in [0.2, 0.25) is 0 Å². The summed E-state index contributed by atoms with van der Waals surface area (Å²) < 4.78 is 23.0. The molecule has 1 aromatic rings. The van der Waals surface area contributed by atoms with E-state index in [0.717, 1.165) is 19.6 Å². The first-order valence-corrected chi connectivity index (χ1v) is 10.2. The fraction of sp³-hybridized carbons (Fsp3) is 0.588. The van der Waals surface area contributed by atoms with Gasteiger partial charge in [0.15, 0.2) is 15.8 Å². The van der Waals surface area contributed by atoms with Gasteiger partial charge in [-0.25, -0.2) is 8.42 Å². The SMILES string of the molecule is CCN(CCNC(=NC)NCCS(=O)(=O)CC)c1cccc(C)c1.I. The van der Waals surface area contributed by atoms with Crippen molar-refractivity contribution >= 4 is 45.5 Å². The maximum atomic E-state index is 11.5.